The lowest BCUT2D eigenvalue weighted by Crippen LogP contribution is -2.02. The predicted molar refractivity (Wildman–Crippen MR) is 77.8 cm³/mol. The van der Waals surface area contributed by atoms with Gasteiger partial charge in [0.15, 0.2) is 0 Å². The third-order valence-corrected chi connectivity index (χ3v) is 2.92. The van der Waals surface area contributed by atoms with Crippen LogP contribution in [0.15, 0.2) is 42.0 Å². The monoisotopic (exact) mass is 262 g/mol. The molecule has 0 aliphatic carbocycles. The number of allylic oxidation sites excluding steroid dienone is 1. The van der Waals surface area contributed by atoms with E-state index in [1.807, 2.05) is 18.2 Å². The highest BCUT2D eigenvalue weighted by Crippen LogP contribution is 2.19. The molecule has 0 spiro atoms. The normalized spacial score (nSPS) is 13.9. The fraction of sp³-hybridized carbons (Fsp3) is 0.375. The molecule has 1 rings (SSSR count). The maximum atomic E-state index is 9.67. The first-order chi connectivity index (χ1) is 9.15. The maximum absolute atomic E-state index is 9.67. The molecule has 0 radical (unpaired) electrons. The van der Waals surface area contributed by atoms with Crippen LogP contribution in [0.5, 0.6) is 5.75 Å². The third kappa shape index (κ3) is 6.22. The molecule has 1 aromatic rings. The zero-order valence-corrected chi connectivity index (χ0v) is 11.3. The molecule has 104 valence electrons. The Morgan fingerprint density at radius 2 is 2.16 bits per heavy atom. The largest absolute Gasteiger partial charge is 0.508 e. The van der Waals surface area contributed by atoms with E-state index in [-0.39, 0.29) is 12.4 Å². The van der Waals surface area contributed by atoms with E-state index < -0.39 is 6.10 Å². The van der Waals surface area contributed by atoms with Gasteiger partial charge in [0.25, 0.3) is 0 Å². The van der Waals surface area contributed by atoms with Crippen LogP contribution in [0.2, 0.25) is 0 Å². The molecule has 0 unspecified atom stereocenters. The summed E-state index contributed by atoms with van der Waals surface area (Å²) in [5.41, 5.74) is 2.19. The van der Waals surface area contributed by atoms with Crippen molar-refractivity contribution < 1.29 is 15.3 Å². The Kier molecular flexibility index (Phi) is 6.93. The second kappa shape index (κ2) is 8.51. The molecule has 1 atom stereocenters. The van der Waals surface area contributed by atoms with Crippen LogP contribution in [0.4, 0.5) is 0 Å². The number of hydrogen-bond acceptors (Lipinski definition) is 3. The van der Waals surface area contributed by atoms with Gasteiger partial charge in [-0.1, -0.05) is 42.9 Å². The summed E-state index contributed by atoms with van der Waals surface area (Å²) in [5, 5.41) is 27.7. The molecule has 1 aromatic carbocycles. The summed E-state index contributed by atoms with van der Waals surface area (Å²) < 4.78 is 0. The summed E-state index contributed by atoms with van der Waals surface area (Å²) in [7, 11) is 0. The van der Waals surface area contributed by atoms with Crippen molar-refractivity contribution in [1.82, 2.24) is 0 Å². The van der Waals surface area contributed by atoms with E-state index >= 15 is 0 Å². The van der Waals surface area contributed by atoms with Gasteiger partial charge in [0.2, 0.25) is 0 Å². The Morgan fingerprint density at radius 3 is 2.79 bits per heavy atom. The molecule has 0 fully saturated rings. The molecular formula is C16H22O3. The molecule has 0 bridgehead atoms. The van der Waals surface area contributed by atoms with Gasteiger partial charge in [0, 0.05) is 0 Å². The molecule has 0 saturated heterocycles. The van der Waals surface area contributed by atoms with Gasteiger partial charge in [-0.3, -0.25) is 0 Å². The Hall–Kier alpha value is -1.58. The zero-order valence-electron chi connectivity index (χ0n) is 11.3. The molecule has 0 heterocycles. The summed E-state index contributed by atoms with van der Waals surface area (Å²) in [5.74, 6) is 0.259. The van der Waals surface area contributed by atoms with Crippen molar-refractivity contribution in [3.05, 3.63) is 47.6 Å². The minimum atomic E-state index is -0.522. The average molecular weight is 262 g/mol. The molecule has 0 saturated carbocycles. The average Bonchev–Trinajstić information content (AvgIpc) is 2.41. The minimum Gasteiger partial charge on any atom is -0.508 e. The van der Waals surface area contributed by atoms with Crippen molar-refractivity contribution in [2.45, 2.75) is 32.3 Å². The third-order valence-electron chi connectivity index (χ3n) is 2.92. The second-order valence-electron chi connectivity index (χ2n) is 4.47. The van der Waals surface area contributed by atoms with Gasteiger partial charge in [0.1, 0.15) is 5.75 Å². The summed E-state index contributed by atoms with van der Waals surface area (Å²) in [4.78, 5) is 0. The van der Waals surface area contributed by atoms with Crippen LogP contribution in [0.25, 0.3) is 6.08 Å². The van der Waals surface area contributed by atoms with Gasteiger partial charge in [-0.05, 0) is 37.0 Å². The van der Waals surface area contributed by atoms with Crippen LogP contribution in [0.1, 0.15) is 31.7 Å². The first kappa shape index (κ1) is 15.5. The predicted octanol–water partition coefficient (Wildman–Crippen LogP) is 2.88. The minimum absolute atomic E-state index is 0.0448. The number of phenols is 1. The summed E-state index contributed by atoms with van der Waals surface area (Å²) in [6.07, 6.45) is 7.02. The van der Waals surface area contributed by atoms with E-state index in [0.29, 0.717) is 6.42 Å². The fourth-order valence-electron chi connectivity index (χ4n) is 1.85. The SMILES string of the molecule is CC/C(=C\c1cccc(O)c1)CC[C@@H](O)/C=C\CO. The van der Waals surface area contributed by atoms with Gasteiger partial charge in [0.05, 0.1) is 12.7 Å². The molecule has 3 N–H and O–H groups in total. The van der Waals surface area contributed by atoms with Crippen molar-refractivity contribution in [3.8, 4) is 5.75 Å². The molecule has 3 nitrogen and oxygen atoms in total. The van der Waals surface area contributed by atoms with Gasteiger partial charge < -0.3 is 15.3 Å². The summed E-state index contributed by atoms with van der Waals surface area (Å²) in [6.45, 7) is 2.03. The van der Waals surface area contributed by atoms with Crippen LogP contribution in [0, 0.1) is 0 Å². The summed E-state index contributed by atoms with van der Waals surface area (Å²) >= 11 is 0. The number of phenolic OH excluding ortho intramolecular Hbond substituents is 1. The Bertz CT molecular complexity index is 435. The fourth-order valence-corrected chi connectivity index (χ4v) is 1.85. The number of hydrogen-bond donors (Lipinski definition) is 3. The van der Waals surface area contributed by atoms with Gasteiger partial charge >= 0.3 is 0 Å². The van der Waals surface area contributed by atoms with E-state index in [1.165, 1.54) is 5.57 Å². The summed E-state index contributed by atoms with van der Waals surface area (Å²) in [6, 6.07) is 7.12. The Labute approximate surface area is 114 Å². The molecule has 0 aliphatic heterocycles. The number of rotatable bonds is 7. The number of benzene rings is 1. The first-order valence-corrected chi connectivity index (χ1v) is 6.59. The highest BCUT2D eigenvalue weighted by molar-refractivity contribution is 5.54. The van der Waals surface area contributed by atoms with Crippen LogP contribution in [-0.2, 0) is 0 Å². The van der Waals surface area contributed by atoms with Crippen molar-refractivity contribution in [2.75, 3.05) is 6.61 Å². The molecule has 0 amide bonds. The molecule has 3 heteroatoms. The van der Waals surface area contributed by atoms with E-state index in [0.717, 1.165) is 18.4 Å². The van der Waals surface area contributed by atoms with E-state index in [1.54, 1.807) is 24.3 Å². The highest BCUT2D eigenvalue weighted by Gasteiger charge is 2.02. The van der Waals surface area contributed by atoms with Crippen LogP contribution in [0.3, 0.4) is 0 Å². The molecule has 0 aromatic heterocycles. The zero-order chi connectivity index (χ0) is 14.1. The molecule has 0 aliphatic rings. The second-order valence-corrected chi connectivity index (χ2v) is 4.47. The van der Waals surface area contributed by atoms with E-state index in [4.69, 9.17) is 5.11 Å². The van der Waals surface area contributed by atoms with E-state index in [2.05, 4.69) is 6.92 Å². The first-order valence-electron chi connectivity index (χ1n) is 6.59. The lowest BCUT2D eigenvalue weighted by Gasteiger charge is -2.08. The van der Waals surface area contributed by atoms with Crippen LogP contribution >= 0.6 is 0 Å². The number of aliphatic hydroxyl groups excluding tert-OH is 2. The highest BCUT2D eigenvalue weighted by atomic mass is 16.3. The molecule has 19 heavy (non-hydrogen) atoms. The van der Waals surface area contributed by atoms with Crippen molar-refractivity contribution >= 4 is 6.08 Å². The Morgan fingerprint density at radius 1 is 1.37 bits per heavy atom. The van der Waals surface area contributed by atoms with Crippen LogP contribution < -0.4 is 0 Å². The number of aliphatic hydroxyl groups is 2. The maximum Gasteiger partial charge on any atom is 0.116 e. The van der Waals surface area contributed by atoms with Crippen molar-refractivity contribution in [3.63, 3.8) is 0 Å². The van der Waals surface area contributed by atoms with E-state index in [9.17, 15) is 10.2 Å². The van der Waals surface area contributed by atoms with Crippen LogP contribution in [-0.4, -0.2) is 28.0 Å². The smallest absolute Gasteiger partial charge is 0.116 e. The lowest BCUT2D eigenvalue weighted by molar-refractivity contribution is 0.211. The van der Waals surface area contributed by atoms with Gasteiger partial charge in [-0.25, -0.2) is 0 Å². The quantitative estimate of drug-likeness (QED) is 0.662. The van der Waals surface area contributed by atoms with Crippen molar-refractivity contribution in [2.24, 2.45) is 0 Å². The number of aromatic hydroxyl groups is 1. The van der Waals surface area contributed by atoms with Gasteiger partial charge in [-0.2, -0.15) is 0 Å². The van der Waals surface area contributed by atoms with Gasteiger partial charge in [-0.15, -0.1) is 0 Å². The van der Waals surface area contributed by atoms with Crippen molar-refractivity contribution in [1.29, 1.82) is 0 Å². The molecular weight excluding hydrogens is 240 g/mol. The standard InChI is InChI=1S/C16H22O3/c1-2-13(8-9-15(18)7-4-10-17)11-14-5-3-6-16(19)12-14/h3-7,11-12,15,17-19H,2,8-10H2,1H3/b7-4-,13-11+/t15-/m0/s1. The topological polar surface area (TPSA) is 60.7 Å². The lowest BCUT2D eigenvalue weighted by atomic mass is 10.0. The Balaban J connectivity index is 2.60.